The molecule has 130 valence electrons. The van der Waals surface area contributed by atoms with Gasteiger partial charge in [-0.15, -0.1) is 0 Å². The Morgan fingerprint density at radius 1 is 1.12 bits per heavy atom. The summed E-state index contributed by atoms with van der Waals surface area (Å²) < 4.78 is 16.1. The maximum Gasteiger partial charge on any atom is 0.293 e. The standard InChI is InChI=1S/C19H14ClFN4O/c1-12-16-10-22-25(15-8-6-14(21)7-9-15)18(16)19(26)24(23-12)11-13-4-2-3-5-17(13)20/h2-10H,11H2,1H3. The van der Waals surface area contributed by atoms with Crippen LogP contribution in [0.15, 0.2) is 59.5 Å². The van der Waals surface area contributed by atoms with Crippen LogP contribution < -0.4 is 5.56 Å². The van der Waals surface area contributed by atoms with Crippen LogP contribution in [0, 0.1) is 12.7 Å². The van der Waals surface area contributed by atoms with Gasteiger partial charge in [-0.05, 0) is 42.8 Å². The number of fused-ring (bicyclic) bond motifs is 1. The van der Waals surface area contributed by atoms with Gasteiger partial charge in [-0.3, -0.25) is 4.79 Å². The lowest BCUT2D eigenvalue weighted by atomic mass is 10.2. The molecule has 2 aromatic heterocycles. The topological polar surface area (TPSA) is 52.7 Å². The van der Waals surface area contributed by atoms with Gasteiger partial charge in [0.05, 0.1) is 24.1 Å². The van der Waals surface area contributed by atoms with Crippen molar-refractivity contribution in [3.8, 4) is 5.69 Å². The molecule has 2 aromatic carbocycles. The van der Waals surface area contributed by atoms with Crippen molar-refractivity contribution in [2.45, 2.75) is 13.5 Å². The highest BCUT2D eigenvalue weighted by Gasteiger charge is 2.15. The quantitative estimate of drug-likeness (QED) is 0.553. The lowest BCUT2D eigenvalue weighted by Gasteiger charge is -2.09. The highest BCUT2D eigenvalue weighted by molar-refractivity contribution is 6.31. The number of benzene rings is 2. The van der Waals surface area contributed by atoms with Crippen molar-refractivity contribution in [2.75, 3.05) is 0 Å². The predicted octanol–water partition coefficient (Wildman–Crippen LogP) is 3.73. The number of halogens is 2. The van der Waals surface area contributed by atoms with Crippen LogP contribution in [0.2, 0.25) is 5.02 Å². The molecule has 0 spiro atoms. The zero-order valence-corrected chi connectivity index (χ0v) is 14.6. The Morgan fingerprint density at radius 3 is 2.58 bits per heavy atom. The molecule has 0 aliphatic heterocycles. The van der Waals surface area contributed by atoms with E-state index in [2.05, 4.69) is 10.2 Å². The van der Waals surface area contributed by atoms with Crippen LogP contribution in [0.5, 0.6) is 0 Å². The number of aryl methyl sites for hydroxylation is 1. The fraction of sp³-hybridized carbons (Fsp3) is 0.105. The average molecular weight is 369 g/mol. The Labute approximate surface area is 153 Å². The molecular weight excluding hydrogens is 355 g/mol. The molecule has 0 saturated carbocycles. The van der Waals surface area contributed by atoms with Crippen molar-refractivity contribution in [2.24, 2.45) is 0 Å². The summed E-state index contributed by atoms with van der Waals surface area (Å²) in [5, 5.41) is 9.92. The average Bonchev–Trinajstić information content (AvgIpc) is 3.08. The van der Waals surface area contributed by atoms with Gasteiger partial charge in [0.15, 0.2) is 0 Å². The van der Waals surface area contributed by atoms with Crippen LogP contribution >= 0.6 is 11.6 Å². The van der Waals surface area contributed by atoms with Crippen LogP contribution in [0.1, 0.15) is 11.3 Å². The third-order valence-corrected chi connectivity index (χ3v) is 4.58. The molecule has 0 aliphatic rings. The first-order valence-electron chi connectivity index (χ1n) is 7.99. The third kappa shape index (κ3) is 2.78. The van der Waals surface area contributed by atoms with Crippen molar-refractivity contribution in [1.82, 2.24) is 19.6 Å². The smallest absolute Gasteiger partial charge is 0.265 e. The molecule has 26 heavy (non-hydrogen) atoms. The summed E-state index contributed by atoms with van der Waals surface area (Å²) in [6.45, 7) is 2.07. The maximum atomic E-state index is 13.2. The number of rotatable bonds is 3. The van der Waals surface area contributed by atoms with Crippen LogP contribution in [-0.2, 0) is 6.54 Å². The molecule has 4 aromatic rings. The molecule has 0 unspecified atom stereocenters. The minimum absolute atomic E-state index is 0.254. The fourth-order valence-corrected chi connectivity index (χ4v) is 3.09. The van der Waals surface area contributed by atoms with Gasteiger partial charge in [-0.2, -0.15) is 10.2 Å². The summed E-state index contributed by atoms with van der Waals surface area (Å²) in [6.07, 6.45) is 1.60. The maximum absolute atomic E-state index is 13.2. The van der Waals surface area contributed by atoms with E-state index in [0.717, 1.165) is 5.56 Å². The fourth-order valence-electron chi connectivity index (χ4n) is 2.89. The number of hydrogen-bond acceptors (Lipinski definition) is 3. The first kappa shape index (κ1) is 16.5. The molecule has 0 atom stereocenters. The van der Waals surface area contributed by atoms with Crippen LogP contribution in [0.3, 0.4) is 0 Å². The molecule has 0 bridgehead atoms. The number of aromatic nitrogens is 4. The second-order valence-electron chi connectivity index (χ2n) is 5.93. The first-order valence-corrected chi connectivity index (χ1v) is 8.37. The summed E-state index contributed by atoms with van der Waals surface area (Å²) in [5.74, 6) is -0.348. The van der Waals surface area contributed by atoms with Crippen molar-refractivity contribution in [3.05, 3.63) is 87.2 Å². The third-order valence-electron chi connectivity index (χ3n) is 4.22. The molecule has 7 heteroatoms. The summed E-state index contributed by atoms with van der Waals surface area (Å²) in [6, 6.07) is 13.1. The van der Waals surface area contributed by atoms with Gasteiger partial charge >= 0.3 is 0 Å². The minimum atomic E-state index is -0.348. The normalized spacial score (nSPS) is 11.2. The minimum Gasteiger partial charge on any atom is -0.265 e. The summed E-state index contributed by atoms with van der Waals surface area (Å²) in [4.78, 5) is 13.0. The van der Waals surface area contributed by atoms with Crippen molar-refractivity contribution in [1.29, 1.82) is 0 Å². The lowest BCUT2D eigenvalue weighted by Crippen LogP contribution is -2.26. The Morgan fingerprint density at radius 2 is 1.85 bits per heavy atom. The number of nitrogens with zero attached hydrogens (tertiary/aromatic N) is 4. The second-order valence-corrected chi connectivity index (χ2v) is 6.34. The van der Waals surface area contributed by atoms with E-state index >= 15 is 0 Å². The van der Waals surface area contributed by atoms with Gasteiger partial charge in [0.1, 0.15) is 11.3 Å². The summed E-state index contributed by atoms with van der Waals surface area (Å²) >= 11 is 6.21. The van der Waals surface area contributed by atoms with E-state index in [1.54, 1.807) is 24.4 Å². The largest absolute Gasteiger partial charge is 0.293 e. The van der Waals surface area contributed by atoms with Gasteiger partial charge in [0.25, 0.3) is 5.56 Å². The van der Waals surface area contributed by atoms with Gasteiger partial charge in [0, 0.05) is 10.4 Å². The Bertz CT molecular complexity index is 1160. The van der Waals surface area contributed by atoms with Crippen LogP contribution in [-0.4, -0.2) is 19.6 Å². The second kappa shape index (κ2) is 6.38. The van der Waals surface area contributed by atoms with Gasteiger partial charge < -0.3 is 0 Å². The van der Waals surface area contributed by atoms with E-state index in [1.807, 2.05) is 25.1 Å². The van der Waals surface area contributed by atoms with Crippen LogP contribution in [0.4, 0.5) is 4.39 Å². The first-order chi connectivity index (χ1) is 12.5. The molecule has 0 saturated heterocycles. The molecule has 2 heterocycles. The van der Waals surface area contributed by atoms with Gasteiger partial charge in [-0.1, -0.05) is 29.8 Å². The van der Waals surface area contributed by atoms with E-state index in [-0.39, 0.29) is 17.9 Å². The Kier molecular flexibility index (Phi) is 4.05. The van der Waals surface area contributed by atoms with Gasteiger partial charge in [0.2, 0.25) is 0 Å². The lowest BCUT2D eigenvalue weighted by molar-refractivity contribution is 0.626. The summed E-state index contributed by atoms with van der Waals surface area (Å²) in [5.41, 5.74) is 2.20. The SMILES string of the molecule is Cc1nn(Cc2ccccc2Cl)c(=O)c2c1cnn2-c1ccc(F)cc1. The van der Waals surface area contributed by atoms with E-state index in [0.29, 0.717) is 27.3 Å². The Hall–Kier alpha value is -2.99. The van der Waals surface area contributed by atoms with Crippen molar-refractivity contribution >= 4 is 22.5 Å². The molecule has 0 amide bonds. The summed E-state index contributed by atoms with van der Waals surface area (Å²) in [7, 11) is 0. The molecule has 0 N–H and O–H groups in total. The molecule has 0 aliphatic carbocycles. The monoisotopic (exact) mass is 368 g/mol. The van der Waals surface area contributed by atoms with E-state index in [9.17, 15) is 9.18 Å². The molecule has 0 radical (unpaired) electrons. The van der Waals surface area contributed by atoms with E-state index in [4.69, 9.17) is 11.6 Å². The van der Waals surface area contributed by atoms with Gasteiger partial charge in [-0.25, -0.2) is 13.8 Å². The van der Waals surface area contributed by atoms with E-state index in [1.165, 1.54) is 21.5 Å². The Balaban J connectivity index is 1.90. The molecule has 4 rings (SSSR count). The predicted molar refractivity (Wildman–Crippen MR) is 98.4 cm³/mol. The van der Waals surface area contributed by atoms with E-state index < -0.39 is 0 Å². The highest BCUT2D eigenvalue weighted by Crippen LogP contribution is 2.19. The van der Waals surface area contributed by atoms with Crippen molar-refractivity contribution < 1.29 is 4.39 Å². The highest BCUT2D eigenvalue weighted by atomic mass is 35.5. The zero-order valence-electron chi connectivity index (χ0n) is 13.9. The van der Waals surface area contributed by atoms with Crippen LogP contribution in [0.25, 0.3) is 16.6 Å². The zero-order chi connectivity index (χ0) is 18.3. The molecular formula is C19H14ClFN4O. The van der Waals surface area contributed by atoms with Crippen molar-refractivity contribution in [3.63, 3.8) is 0 Å². The molecule has 0 fully saturated rings. The molecule has 5 nitrogen and oxygen atoms in total. The number of hydrogen-bond donors (Lipinski definition) is 0.